The van der Waals surface area contributed by atoms with Gasteiger partial charge in [0.25, 0.3) is 0 Å². The number of nitrogens with one attached hydrogen (secondary N) is 1. The Morgan fingerprint density at radius 1 is 1.32 bits per heavy atom. The first-order valence-corrected chi connectivity index (χ1v) is 5.44. The van der Waals surface area contributed by atoms with Gasteiger partial charge >= 0.3 is 6.18 Å². The zero-order chi connectivity index (χ0) is 14.0. The molecular formula is C12H11F4N3. The molecule has 0 atom stereocenters. The molecule has 1 aromatic heterocycles. The Bertz CT molecular complexity index is 575. The standard InChI is InChI=1S/C12H11F4N3/c1-19-7-8(6-18-19)5-17-11-4-9(12(14,15)16)2-3-10(11)13/h2-4,6-7,17H,5H2,1H3. The predicted octanol–water partition coefficient (Wildman–Crippen LogP) is 3.19. The average Bonchev–Trinajstić information content (AvgIpc) is 2.72. The molecule has 7 heteroatoms. The second-order valence-electron chi connectivity index (χ2n) is 4.07. The molecule has 0 radical (unpaired) electrons. The Kier molecular flexibility index (Phi) is 3.46. The molecule has 0 aliphatic heterocycles. The van der Waals surface area contributed by atoms with Crippen LogP contribution in [0.1, 0.15) is 11.1 Å². The first-order chi connectivity index (χ1) is 8.86. The normalized spacial score (nSPS) is 11.6. The zero-order valence-corrected chi connectivity index (χ0v) is 10.0. The summed E-state index contributed by atoms with van der Waals surface area (Å²) in [5, 5.41) is 6.54. The van der Waals surface area contributed by atoms with Crippen molar-refractivity contribution >= 4 is 5.69 Å². The van der Waals surface area contributed by atoms with Crippen LogP contribution in [-0.4, -0.2) is 9.78 Å². The maximum Gasteiger partial charge on any atom is 0.416 e. The highest BCUT2D eigenvalue weighted by molar-refractivity contribution is 5.48. The molecule has 2 aromatic rings. The molecule has 0 saturated carbocycles. The summed E-state index contributed by atoms with van der Waals surface area (Å²) in [6, 6.07) is 2.27. The Hall–Kier alpha value is -2.05. The fourth-order valence-electron chi connectivity index (χ4n) is 1.60. The van der Waals surface area contributed by atoms with E-state index < -0.39 is 17.6 Å². The van der Waals surface area contributed by atoms with Crippen LogP contribution in [0, 0.1) is 5.82 Å². The lowest BCUT2D eigenvalue weighted by Crippen LogP contribution is -2.07. The molecule has 0 aliphatic carbocycles. The number of benzene rings is 1. The van der Waals surface area contributed by atoms with E-state index in [0.29, 0.717) is 6.07 Å². The van der Waals surface area contributed by atoms with Gasteiger partial charge in [-0.25, -0.2) is 4.39 Å². The summed E-state index contributed by atoms with van der Waals surface area (Å²) < 4.78 is 52.5. The summed E-state index contributed by atoms with van der Waals surface area (Å²) >= 11 is 0. The molecule has 3 nitrogen and oxygen atoms in total. The maximum atomic E-state index is 13.4. The second-order valence-corrected chi connectivity index (χ2v) is 4.07. The van der Waals surface area contributed by atoms with Gasteiger partial charge in [-0.1, -0.05) is 0 Å². The third-order valence-electron chi connectivity index (χ3n) is 2.54. The highest BCUT2D eigenvalue weighted by Crippen LogP contribution is 2.31. The first kappa shape index (κ1) is 13.4. The number of hydrogen-bond acceptors (Lipinski definition) is 2. The van der Waals surface area contributed by atoms with Crippen molar-refractivity contribution in [2.45, 2.75) is 12.7 Å². The second kappa shape index (κ2) is 4.91. The minimum Gasteiger partial charge on any atom is -0.378 e. The van der Waals surface area contributed by atoms with Gasteiger partial charge in [0.1, 0.15) is 5.82 Å². The van der Waals surface area contributed by atoms with Crippen LogP contribution in [-0.2, 0) is 19.8 Å². The van der Waals surface area contributed by atoms with Crippen LogP contribution in [0.3, 0.4) is 0 Å². The molecule has 0 spiro atoms. The molecule has 0 aliphatic rings. The molecular weight excluding hydrogens is 262 g/mol. The third kappa shape index (κ3) is 3.24. The molecule has 1 heterocycles. The van der Waals surface area contributed by atoms with Gasteiger partial charge < -0.3 is 5.32 Å². The van der Waals surface area contributed by atoms with Crippen LogP contribution in [0.25, 0.3) is 0 Å². The van der Waals surface area contributed by atoms with Crippen molar-refractivity contribution in [3.63, 3.8) is 0 Å². The lowest BCUT2D eigenvalue weighted by molar-refractivity contribution is -0.137. The number of anilines is 1. The van der Waals surface area contributed by atoms with Crippen LogP contribution >= 0.6 is 0 Å². The highest BCUT2D eigenvalue weighted by Gasteiger charge is 2.31. The van der Waals surface area contributed by atoms with Crippen molar-refractivity contribution in [1.82, 2.24) is 9.78 Å². The smallest absolute Gasteiger partial charge is 0.378 e. The van der Waals surface area contributed by atoms with E-state index in [4.69, 9.17) is 0 Å². The van der Waals surface area contributed by atoms with Crippen LogP contribution in [0.15, 0.2) is 30.6 Å². The summed E-state index contributed by atoms with van der Waals surface area (Å²) in [6.07, 6.45) is -1.24. The van der Waals surface area contributed by atoms with Crippen LogP contribution in [0.4, 0.5) is 23.2 Å². The fourth-order valence-corrected chi connectivity index (χ4v) is 1.60. The number of halogens is 4. The fraction of sp³-hybridized carbons (Fsp3) is 0.250. The molecule has 102 valence electrons. The highest BCUT2D eigenvalue weighted by atomic mass is 19.4. The van der Waals surface area contributed by atoms with Crippen LogP contribution in [0.2, 0.25) is 0 Å². The van der Waals surface area contributed by atoms with Crippen LogP contribution in [0.5, 0.6) is 0 Å². The quantitative estimate of drug-likeness (QED) is 0.870. The Morgan fingerprint density at radius 3 is 2.63 bits per heavy atom. The van der Waals surface area contributed by atoms with Gasteiger partial charge in [-0.15, -0.1) is 0 Å². The van der Waals surface area contributed by atoms with E-state index in [1.54, 1.807) is 24.1 Å². The van der Waals surface area contributed by atoms with Crippen molar-refractivity contribution in [2.24, 2.45) is 7.05 Å². The minimum atomic E-state index is -4.49. The molecule has 2 rings (SSSR count). The molecule has 0 saturated heterocycles. The summed E-state index contributed by atoms with van der Waals surface area (Å²) in [5.74, 6) is -0.725. The van der Waals surface area contributed by atoms with Gasteiger partial charge in [0.15, 0.2) is 0 Å². The summed E-state index contributed by atoms with van der Waals surface area (Å²) in [5.41, 5.74) is -0.319. The van der Waals surface area contributed by atoms with Crippen molar-refractivity contribution < 1.29 is 17.6 Å². The van der Waals surface area contributed by atoms with E-state index in [-0.39, 0.29) is 12.2 Å². The molecule has 19 heavy (non-hydrogen) atoms. The SMILES string of the molecule is Cn1cc(CNc2cc(C(F)(F)F)ccc2F)cn1. The van der Waals surface area contributed by atoms with Gasteiger partial charge in [-0.05, 0) is 18.2 Å². The van der Waals surface area contributed by atoms with E-state index in [0.717, 1.165) is 17.7 Å². The Balaban J connectivity index is 2.15. The number of aryl methyl sites for hydroxylation is 1. The Labute approximate surface area is 106 Å². The van der Waals surface area contributed by atoms with Gasteiger partial charge in [0, 0.05) is 25.4 Å². The van der Waals surface area contributed by atoms with E-state index in [1.807, 2.05) is 0 Å². The maximum absolute atomic E-state index is 13.4. The van der Waals surface area contributed by atoms with Crippen LogP contribution < -0.4 is 5.32 Å². The number of aromatic nitrogens is 2. The molecule has 1 N–H and O–H groups in total. The number of rotatable bonds is 3. The predicted molar refractivity (Wildman–Crippen MR) is 61.9 cm³/mol. The summed E-state index contributed by atoms with van der Waals surface area (Å²) in [6.45, 7) is 0.200. The third-order valence-corrected chi connectivity index (χ3v) is 2.54. The molecule has 0 unspecified atom stereocenters. The van der Waals surface area contributed by atoms with E-state index >= 15 is 0 Å². The van der Waals surface area contributed by atoms with E-state index in [2.05, 4.69) is 10.4 Å². The van der Waals surface area contributed by atoms with Gasteiger partial charge in [-0.3, -0.25) is 4.68 Å². The Morgan fingerprint density at radius 2 is 2.05 bits per heavy atom. The topological polar surface area (TPSA) is 29.9 Å². The van der Waals surface area contributed by atoms with Crippen molar-refractivity contribution in [2.75, 3.05) is 5.32 Å². The summed E-state index contributed by atoms with van der Waals surface area (Å²) in [4.78, 5) is 0. The van der Waals surface area contributed by atoms with E-state index in [1.165, 1.54) is 0 Å². The van der Waals surface area contributed by atoms with Gasteiger partial charge in [0.05, 0.1) is 17.4 Å². The number of alkyl halides is 3. The van der Waals surface area contributed by atoms with Crippen molar-refractivity contribution in [1.29, 1.82) is 0 Å². The first-order valence-electron chi connectivity index (χ1n) is 5.44. The molecule has 0 bridgehead atoms. The van der Waals surface area contributed by atoms with Gasteiger partial charge in [0.2, 0.25) is 0 Å². The largest absolute Gasteiger partial charge is 0.416 e. The molecule has 1 aromatic carbocycles. The molecule has 0 amide bonds. The number of hydrogen-bond donors (Lipinski definition) is 1. The minimum absolute atomic E-state index is 0.182. The lowest BCUT2D eigenvalue weighted by atomic mass is 10.2. The van der Waals surface area contributed by atoms with E-state index in [9.17, 15) is 17.6 Å². The number of nitrogens with zero attached hydrogens (tertiary/aromatic N) is 2. The lowest BCUT2D eigenvalue weighted by Gasteiger charge is -2.11. The van der Waals surface area contributed by atoms with Crippen molar-refractivity contribution in [3.8, 4) is 0 Å². The van der Waals surface area contributed by atoms with Crippen molar-refractivity contribution in [3.05, 3.63) is 47.5 Å². The summed E-state index contributed by atoms with van der Waals surface area (Å²) in [7, 11) is 1.72. The van der Waals surface area contributed by atoms with Gasteiger partial charge in [-0.2, -0.15) is 18.3 Å². The monoisotopic (exact) mass is 273 g/mol. The average molecular weight is 273 g/mol. The zero-order valence-electron chi connectivity index (χ0n) is 10.0. The molecule has 0 fully saturated rings.